The van der Waals surface area contributed by atoms with E-state index in [9.17, 15) is 9.90 Å². The lowest BCUT2D eigenvalue weighted by Crippen LogP contribution is -2.20. The van der Waals surface area contributed by atoms with Crippen molar-refractivity contribution in [2.45, 2.75) is 19.6 Å². The van der Waals surface area contributed by atoms with Gasteiger partial charge in [0.2, 0.25) is 5.95 Å². The van der Waals surface area contributed by atoms with E-state index in [1.807, 2.05) is 31.3 Å². The summed E-state index contributed by atoms with van der Waals surface area (Å²) in [5.41, 5.74) is 4.10. The SMILES string of the molecule is Cc1nn(-c2ccnc(Nc3ccc4[nH]cc(C=O)c4c3)n2)cc1CN1CC(O)CO1. The van der Waals surface area contributed by atoms with Crippen molar-refractivity contribution < 1.29 is 14.7 Å². The van der Waals surface area contributed by atoms with E-state index in [2.05, 4.69) is 25.4 Å². The van der Waals surface area contributed by atoms with Crippen LogP contribution in [0.2, 0.25) is 0 Å². The van der Waals surface area contributed by atoms with Gasteiger partial charge in [0.25, 0.3) is 0 Å². The first-order valence-electron chi connectivity index (χ1n) is 9.87. The van der Waals surface area contributed by atoms with E-state index in [-0.39, 0.29) is 0 Å². The number of aromatic nitrogens is 5. The lowest BCUT2D eigenvalue weighted by Gasteiger charge is -2.12. The second-order valence-corrected chi connectivity index (χ2v) is 7.44. The third kappa shape index (κ3) is 3.91. The van der Waals surface area contributed by atoms with Crippen molar-refractivity contribution >= 4 is 28.8 Å². The molecule has 1 fully saturated rings. The molecule has 158 valence electrons. The number of rotatable bonds is 6. The van der Waals surface area contributed by atoms with Crippen LogP contribution < -0.4 is 5.32 Å². The first-order chi connectivity index (χ1) is 15.1. The van der Waals surface area contributed by atoms with Crippen molar-refractivity contribution in [2.75, 3.05) is 18.5 Å². The Hall–Kier alpha value is -3.60. The predicted octanol–water partition coefficient (Wildman–Crippen LogP) is 2.12. The number of carbonyl (C=O) groups is 1. The average Bonchev–Trinajstić information content (AvgIpc) is 3.47. The van der Waals surface area contributed by atoms with E-state index in [0.29, 0.717) is 37.0 Å². The summed E-state index contributed by atoms with van der Waals surface area (Å²) in [6.45, 7) is 3.25. The molecular formula is C21H21N7O3. The van der Waals surface area contributed by atoms with Gasteiger partial charge in [0.05, 0.1) is 31.5 Å². The van der Waals surface area contributed by atoms with Crippen LogP contribution in [0.4, 0.5) is 11.6 Å². The number of carbonyl (C=O) groups excluding carboxylic acids is 1. The number of fused-ring (bicyclic) bond motifs is 1. The van der Waals surface area contributed by atoms with Crippen molar-refractivity contribution in [2.24, 2.45) is 0 Å². The number of hydrogen-bond acceptors (Lipinski definition) is 8. The van der Waals surface area contributed by atoms with E-state index in [1.165, 1.54) is 0 Å². The van der Waals surface area contributed by atoms with Crippen molar-refractivity contribution in [3.8, 4) is 5.82 Å². The van der Waals surface area contributed by atoms with Crippen LogP contribution in [0.3, 0.4) is 0 Å². The highest BCUT2D eigenvalue weighted by molar-refractivity contribution is 5.98. The van der Waals surface area contributed by atoms with Crippen LogP contribution in [-0.2, 0) is 11.4 Å². The highest BCUT2D eigenvalue weighted by Crippen LogP contribution is 2.23. The maximum Gasteiger partial charge on any atom is 0.229 e. The number of nitrogens with zero attached hydrogens (tertiary/aromatic N) is 5. The molecule has 1 atom stereocenters. The molecule has 5 rings (SSSR count). The molecule has 3 aromatic heterocycles. The van der Waals surface area contributed by atoms with E-state index in [0.717, 1.165) is 34.1 Å². The summed E-state index contributed by atoms with van der Waals surface area (Å²) in [4.78, 5) is 28.6. The van der Waals surface area contributed by atoms with Gasteiger partial charge in [0.15, 0.2) is 12.1 Å². The zero-order chi connectivity index (χ0) is 21.4. The van der Waals surface area contributed by atoms with Gasteiger partial charge < -0.3 is 15.4 Å². The zero-order valence-electron chi connectivity index (χ0n) is 16.8. The number of hydroxylamine groups is 2. The van der Waals surface area contributed by atoms with Gasteiger partial charge in [-0.3, -0.25) is 9.63 Å². The van der Waals surface area contributed by atoms with Crippen LogP contribution in [0.1, 0.15) is 21.6 Å². The Morgan fingerprint density at radius 1 is 1.39 bits per heavy atom. The predicted molar refractivity (Wildman–Crippen MR) is 113 cm³/mol. The standard InChI is InChI=1S/C21H21N7O3/c1-13-15(8-27-10-17(30)12-31-27)9-28(26-13)20-4-5-22-21(25-20)24-16-2-3-19-18(6-16)14(11-29)7-23-19/h2-7,9,11,17,23,30H,8,10,12H2,1H3,(H,22,24,25). The van der Waals surface area contributed by atoms with E-state index < -0.39 is 6.10 Å². The van der Waals surface area contributed by atoms with Crippen molar-refractivity contribution in [1.29, 1.82) is 0 Å². The van der Waals surface area contributed by atoms with Gasteiger partial charge in [0.1, 0.15) is 0 Å². The molecule has 1 unspecified atom stereocenters. The average molecular weight is 419 g/mol. The van der Waals surface area contributed by atoms with Crippen LogP contribution in [0.15, 0.2) is 42.9 Å². The maximum atomic E-state index is 11.2. The number of H-pyrrole nitrogens is 1. The van der Waals surface area contributed by atoms with Gasteiger partial charge in [-0.2, -0.15) is 15.1 Å². The molecule has 10 nitrogen and oxygen atoms in total. The molecule has 1 saturated heterocycles. The summed E-state index contributed by atoms with van der Waals surface area (Å²) >= 11 is 0. The highest BCUT2D eigenvalue weighted by Gasteiger charge is 2.22. The Morgan fingerprint density at radius 3 is 3.10 bits per heavy atom. The Morgan fingerprint density at radius 2 is 2.29 bits per heavy atom. The molecule has 4 aromatic rings. The minimum absolute atomic E-state index is 0.316. The summed E-state index contributed by atoms with van der Waals surface area (Å²) in [7, 11) is 0. The number of anilines is 2. The van der Waals surface area contributed by atoms with E-state index >= 15 is 0 Å². The Balaban J connectivity index is 1.37. The molecular weight excluding hydrogens is 398 g/mol. The van der Waals surface area contributed by atoms with Crippen molar-refractivity contribution in [3.63, 3.8) is 0 Å². The number of β-amino-alcohol motifs (C(OH)–C–C–N with tert-alkyl or cyclic N) is 1. The lowest BCUT2D eigenvalue weighted by atomic mass is 10.2. The lowest BCUT2D eigenvalue weighted by molar-refractivity contribution is -0.118. The quantitative estimate of drug-likeness (QED) is 0.406. The summed E-state index contributed by atoms with van der Waals surface area (Å²) in [5.74, 6) is 1.03. The molecule has 0 aliphatic carbocycles. The molecule has 0 saturated carbocycles. The fourth-order valence-corrected chi connectivity index (χ4v) is 3.58. The third-order valence-corrected chi connectivity index (χ3v) is 5.18. The number of nitrogens with one attached hydrogen (secondary N) is 2. The second kappa shape index (κ2) is 7.91. The topological polar surface area (TPSA) is 121 Å². The molecule has 0 bridgehead atoms. The molecule has 1 aliphatic rings. The van der Waals surface area contributed by atoms with Gasteiger partial charge in [-0.1, -0.05) is 0 Å². The largest absolute Gasteiger partial charge is 0.389 e. The maximum absolute atomic E-state index is 11.2. The number of aryl methyl sites for hydroxylation is 1. The smallest absolute Gasteiger partial charge is 0.229 e. The minimum Gasteiger partial charge on any atom is -0.389 e. The monoisotopic (exact) mass is 419 g/mol. The minimum atomic E-state index is -0.459. The van der Waals surface area contributed by atoms with Crippen LogP contribution >= 0.6 is 0 Å². The van der Waals surface area contributed by atoms with Crippen LogP contribution in [-0.4, -0.2) is 60.4 Å². The Kier molecular flexibility index (Phi) is 4.94. The zero-order valence-corrected chi connectivity index (χ0v) is 16.8. The molecule has 31 heavy (non-hydrogen) atoms. The molecule has 3 N–H and O–H groups in total. The molecule has 1 aliphatic heterocycles. The normalized spacial score (nSPS) is 16.8. The summed E-state index contributed by atoms with van der Waals surface area (Å²) in [6.07, 6.45) is 5.61. The van der Waals surface area contributed by atoms with Gasteiger partial charge >= 0.3 is 0 Å². The first kappa shape index (κ1) is 19.4. The first-order valence-corrected chi connectivity index (χ1v) is 9.87. The molecule has 0 radical (unpaired) electrons. The second-order valence-electron chi connectivity index (χ2n) is 7.44. The van der Waals surface area contributed by atoms with Crippen molar-refractivity contribution in [3.05, 3.63) is 59.7 Å². The number of aliphatic hydroxyl groups is 1. The molecule has 0 spiro atoms. The fraction of sp³-hybridized carbons (Fsp3) is 0.238. The Bertz CT molecular complexity index is 1250. The van der Waals surface area contributed by atoms with Crippen LogP contribution in [0, 0.1) is 6.92 Å². The molecule has 1 aromatic carbocycles. The Labute approximate surface area is 177 Å². The van der Waals surface area contributed by atoms with Gasteiger partial charge in [-0.25, -0.2) is 9.67 Å². The molecule has 4 heterocycles. The van der Waals surface area contributed by atoms with Gasteiger partial charge in [-0.05, 0) is 25.1 Å². The van der Waals surface area contributed by atoms with Crippen LogP contribution in [0.5, 0.6) is 0 Å². The van der Waals surface area contributed by atoms with Gasteiger partial charge in [-0.15, -0.1) is 0 Å². The number of aliphatic hydroxyl groups excluding tert-OH is 1. The van der Waals surface area contributed by atoms with Crippen LogP contribution in [0.25, 0.3) is 16.7 Å². The molecule has 0 amide bonds. The number of aromatic amines is 1. The number of hydrogen-bond donors (Lipinski definition) is 3. The van der Waals surface area contributed by atoms with E-state index in [1.54, 1.807) is 28.2 Å². The summed E-state index contributed by atoms with van der Waals surface area (Å²) in [6, 6.07) is 7.45. The highest BCUT2D eigenvalue weighted by atomic mass is 16.7. The number of aldehydes is 1. The van der Waals surface area contributed by atoms with Crippen molar-refractivity contribution in [1.82, 2.24) is 29.8 Å². The van der Waals surface area contributed by atoms with E-state index in [4.69, 9.17) is 4.84 Å². The number of benzene rings is 1. The summed E-state index contributed by atoms with van der Waals surface area (Å²) in [5, 5.41) is 19.9. The van der Waals surface area contributed by atoms with Gasteiger partial charge in [0, 0.05) is 52.4 Å². The molecule has 10 heteroatoms. The summed E-state index contributed by atoms with van der Waals surface area (Å²) < 4.78 is 1.70. The fourth-order valence-electron chi connectivity index (χ4n) is 3.58. The third-order valence-electron chi connectivity index (χ3n) is 5.18.